The molecule has 96 valence electrons. The molecule has 2 aromatic rings. The number of hydrogen-bond donors (Lipinski definition) is 1. The zero-order valence-electron chi connectivity index (χ0n) is 9.77. The van der Waals surface area contributed by atoms with Crippen LogP contribution < -0.4 is 0 Å². The Kier molecular flexibility index (Phi) is 4.19. The smallest absolute Gasteiger partial charge is 0.360 e. The first-order valence-electron chi connectivity index (χ1n) is 5.57. The Morgan fingerprint density at radius 2 is 2.39 bits per heavy atom. The lowest BCUT2D eigenvalue weighted by Crippen LogP contribution is -2.08. The van der Waals surface area contributed by atoms with Gasteiger partial charge in [-0.15, -0.1) is 11.3 Å². The summed E-state index contributed by atoms with van der Waals surface area (Å²) < 4.78 is 6.74. The Bertz CT molecular complexity index is 582. The molecule has 0 fully saturated rings. The van der Waals surface area contributed by atoms with Crippen LogP contribution in [0.25, 0.3) is 10.1 Å². The number of hydrogen-bond acceptors (Lipinski definition) is 5. The Hall–Kier alpha value is -1.14. The van der Waals surface area contributed by atoms with Gasteiger partial charge in [0.2, 0.25) is 0 Å². The second-order valence-corrected chi connectivity index (χ2v) is 6.24. The number of aromatic hydroxyl groups is 1. The van der Waals surface area contributed by atoms with Crippen LogP contribution in [0.3, 0.4) is 0 Å². The topological polar surface area (TPSA) is 59.4 Å². The van der Waals surface area contributed by atoms with E-state index in [-0.39, 0.29) is 11.4 Å². The van der Waals surface area contributed by atoms with Crippen LogP contribution in [0.15, 0.2) is 16.0 Å². The molecular formula is C12H12BrNO3S. The molecule has 2 heterocycles. The van der Waals surface area contributed by atoms with E-state index in [0.29, 0.717) is 12.0 Å². The normalized spacial score (nSPS) is 10.8. The molecule has 4 nitrogen and oxygen atoms in total. The fourth-order valence-electron chi connectivity index (χ4n) is 1.49. The Morgan fingerprint density at radius 3 is 3.11 bits per heavy atom. The molecule has 0 aromatic carbocycles. The van der Waals surface area contributed by atoms with Crippen molar-refractivity contribution in [2.75, 3.05) is 6.61 Å². The van der Waals surface area contributed by atoms with Crippen molar-refractivity contribution in [2.24, 2.45) is 0 Å². The van der Waals surface area contributed by atoms with Crippen molar-refractivity contribution in [2.45, 2.75) is 19.8 Å². The van der Waals surface area contributed by atoms with E-state index in [2.05, 4.69) is 20.9 Å². The summed E-state index contributed by atoms with van der Waals surface area (Å²) in [5.41, 5.74) is -0.0242. The highest BCUT2D eigenvalue weighted by molar-refractivity contribution is 9.11. The fourth-order valence-corrected chi connectivity index (χ4v) is 3.00. The number of carbonyl (C=O) groups excluding carboxylic acids is 1. The average molecular weight is 330 g/mol. The van der Waals surface area contributed by atoms with E-state index in [1.807, 2.05) is 6.92 Å². The van der Waals surface area contributed by atoms with Gasteiger partial charge in [-0.1, -0.05) is 13.3 Å². The summed E-state index contributed by atoms with van der Waals surface area (Å²) in [5.74, 6) is -0.693. The molecular weight excluding hydrogens is 318 g/mol. The molecule has 0 aliphatic rings. The van der Waals surface area contributed by atoms with Crippen LogP contribution in [-0.4, -0.2) is 22.7 Å². The van der Waals surface area contributed by atoms with Gasteiger partial charge in [-0.3, -0.25) is 0 Å². The second-order valence-electron chi connectivity index (χ2n) is 3.77. The zero-order chi connectivity index (χ0) is 13.1. The zero-order valence-corrected chi connectivity index (χ0v) is 12.2. The number of unbranched alkanes of at least 4 members (excludes halogenated alkanes) is 1. The molecule has 0 spiro atoms. The molecule has 0 aliphatic heterocycles. The third kappa shape index (κ3) is 2.64. The molecule has 0 amide bonds. The van der Waals surface area contributed by atoms with Crippen molar-refractivity contribution < 1.29 is 14.6 Å². The molecule has 18 heavy (non-hydrogen) atoms. The van der Waals surface area contributed by atoms with Gasteiger partial charge in [0.25, 0.3) is 0 Å². The first-order valence-corrected chi connectivity index (χ1v) is 7.18. The number of esters is 1. The number of aromatic nitrogens is 1. The predicted molar refractivity (Wildman–Crippen MR) is 74.2 cm³/mol. The highest BCUT2D eigenvalue weighted by Gasteiger charge is 2.18. The van der Waals surface area contributed by atoms with E-state index in [4.69, 9.17) is 4.74 Å². The SMILES string of the molecule is CCCCOC(=O)c1ncc2sc(Br)cc2c1O. The van der Waals surface area contributed by atoms with Gasteiger partial charge in [-0.25, -0.2) is 9.78 Å². The van der Waals surface area contributed by atoms with Crippen LogP contribution in [0.2, 0.25) is 0 Å². The third-order valence-electron chi connectivity index (χ3n) is 2.45. The van der Waals surface area contributed by atoms with E-state index >= 15 is 0 Å². The Balaban J connectivity index is 2.28. The van der Waals surface area contributed by atoms with E-state index in [0.717, 1.165) is 21.3 Å². The van der Waals surface area contributed by atoms with Gasteiger partial charge in [-0.2, -0.15) is 0 Å². The maximum absolute atomic E-state index is 11.7. The lowest BCUT2D eigenvalue weighted by atomic mass is 10.2. The number of pyridine rings is 1. The lowest BCUT2D eigenvalue weighted by Gasteiger charge is -2.05. The van der Waals surface area contributed by atoms with Gasteiger partial charge >= 0.3 is 5.97 Å². The van der Waals surface area contributed by atoms with Gasteiger partial charge in [0.15, 0.2) is 11.4 Å². The maximum atomic E-state index is 11.7. The predicted octanol–water partition coefficient (Wildman–Crippen LogP) is 3.72. The van der Waals surface area contributed by atoms with Gasteiger partial charge in [0.1, 0.15) is 0 Å². The van der Waals surface area contributed by atoms with Crippen molar-refractivity contribution in [3.8, 4) is 5.75 Å². The van der Waals surface area contributed by atoms with Crippen molar-refractivity contribution in [3.63, 3.8) is 0 Å². The first kappa shape index (κ1) is 13.3. The molecule has 6 heteroatoms. The summed E-state index contributed by atoms with van der Waals surface area (Å²) in [4.78, 5) is 15.7. The van der Waals surface area contributed by atoms with E-state index in [1.54, 1.807) is 12.3 Å². The van der Waals surface area contributed by atoms with Crippen LogP contribution in [0.5, 0.6) is 5.75 Å². The minimum absolute atomic E-state index is 0.0242. The number of thiophene rings is 1. The largest absolute Gasteiger partial charge is 0.505 e. The maximum Gasteiger partial charge on any atom is 0.360 e. The van der Waals surface area contributed by atoms with Gasteiger partial charge in [-0.05, 0) is 28.4 Å². The average Bonchev–Trinajstić information content (AvgIpc) is 2.71. The van der Waals surface area contributed by atoms with Crippen molar-refractivity contribution >= 4 is 43.3 Å². The third-order valence-corrected chi connectivity index (χ3v) is 4.02. The van der Waals surface area contributed by atoms with Gasteiger partial charge in [0, 0.05) is 11.6 Å². The molecule has 0 saturated carbocycles. The van der Waals surface area contributed by atoms with Gasteiger partial charge < -0.3 is 9.84 Å². The number of ether oxygens (including phenoxy) is 1. The molecule has 2 aromatic heterocycles. The van der Waals surface area contributed by atoms with E-state index in [9.17, 15) is 9.90 Å². The fraction of sp³-hybridized carbons (Fsp3) is 0.333. The van der Waals surface area contributed by atoms with Gasteiger partial charge in [0.05, 0.1) is 15.1 Å². The molecule has 0 radical (unpaired) electrons. The molecule has 0 aliphatic carbocycles. The number of halogens is 1. The highest BCUT2D eigenvalue weighted by Crippen LogP contribution is 2.36. The van der Waals surface area contributed by atoms with E-state index < -0.39 is 5.97 Å². The highest BCUT2D eigenvalue weighted by atomic mass is 79.9. The van der Waals surface area contributed by atoms with Crippen LogP contribution in [0.1, 0.15) is 30.3 Å². The van der Waals surface area contributed by atoms with Crippen molar-refractivity contribution in [3.05, 3.63) is 21.7 Å². The first-order chi connectivity index (χ1) is 8.63. The molecule has 0 unspecified atom stereocenters. The molecule has 0 bridgehead atoms. The van der Waals surface area contributed by atoms with Crippen LogP contribution >= 0.6 is 27.3 Å². The number of rotatable bonds is 4. The monoisotopic (exact) mass is 329 g/mol. The number of carbonyl (C=O) groups is 1. The number of nitrogens with zero attached hydrogens (tertiary/aromatic N) is 1. The Labute approximate surface area is 117 Å². The van der Waals surface area contributed by atoms with Crippen molar-refractivity contribution in [1.29, 1.82) is 0 Å². The summed E-state index contributed by atoms with van der Waals surface area (Å²) in [6.07, 6.45) is 3.32. The van der Waals surface area contributed by atoms with E-state index in [1.165, 1.54) is 11.3 Å². The van der Waals surface area contributed by atoms with Crippen molar-refractivity contribution in [1.82, 2.24) is 4.98 Å². The molecule has 1 N–H and O–H groups in total. The molecule has 2 rings (SSSR count). The summed E-state index contributed by atoms with van der Waals surface area (Å²) in [6.45, 7) is 2.36. The quantitative estimate of drug-likeness (QED) is 0.686. The standard InChI is InChI=1S/C12H12BrNO3S/c1-2-3-4-17-12(16)10-11(15)7-5-9(13)18-8(7)6-14-10/h5-6,15H,2-4H2,1H3. The minimum Gasteiger partial charge on any atom is -0.505 e. The summed E-state index contributed by atoms with van der Waals surface area (Å²) in [6, 6.07) is 1.76. The Morgan fingerprint density at radius 1 is 1.61 bits per heavy atom. The minimum atomic E-state index is -0.579. The molecule has 0 atom stereocenters. The van der Waals surface area contributed by atoms with Crippen LogP contribution in [-0.2, 0) is 4.74 Å². The lowest BCUT2D eigenvalue weighted by molar-refractivity contribution is 0.0489. The summed E-state index contributed by atoms with van der Waals surface area (Å²) in [7, 11) is 0. The molecule has 0 saturated heterocycles. The van der Waals surface area contributed by atoms with Crippen LogP contribution in [0, 0.1) is 0 Å². The summed E-state index contributed by atoms with van der Waals surface area (Å²) >= 11 is 4.79. The summed E-state index contributed by atoms with van der Waals surface area (Å²) in [5, 5.41) is 10.6. The second kappa shape index (κ2) is 5.67. The van der Waals surface area contributed by atoms with Crippen LogP contribution in [0.4, 0.5) is 0 Å². The number of fused-ring (bicyclic) bond motifs is 1.